The first-order chi connectivity index (χ1) is 8.78. The molecule has 0 saturated carbocycles. The van der Waals surface area contributed by atoms with Crippen LogP contribution >= 0.6 is 0 Å². The first-order valence-electron chi connectivity index (χ1n) is 6.21. The number of nitrogens with one attached hydrogen (secondary N) is 1. The summed E-state index contributed by atoms with van der Waals surface area (Å²) in [7, 11) is -3.16. The normalized spacial score (nSPS) is 11.6. The van der Waals surface area contributed by atoms with Crippen molar-refractivity contribution in [3.63, 3.8) is 0 Å². The van der Waals surface area contributed by atoms with E-state index in [1.165, 1.54) is 0 Å². The summed E-state index contributed by atoms with van der Waals surface area (Å²) in [5.74, 6) is 0.189. The minimum atomic E-state index is -3.16. The predicted octanol–water partition coefficient (Wildman–Crippen LogP) is 1.79. The number of hydrogen-bond acceptors (Lipinski definition) is 4. The van der Waals surface area contributed by atoms with E-state index >= 15 is 0 Å². The fourth-order valence-corrected chi connectivity index (χ4v) is 3.33. The maximum atomic E-state index is 11.7. The smallest absolute Gasteiger partial charge is 0.226 e. The van der Waals surface area contributed by atoms with Crippen LogP contribution in [0.2, 0.25) is 0 Å². The van der Waals surface area contributed by atoms with Gasteiger partial charge in [-0.25, -0.2) is 13.4 Å². The third-order valence-electron chi connectivity index (χ3n) is 2.41. The summed E-state index contributed by atoms with van der Waals surface area (Å²) in [6.07, 6.45) is 1.56. The molecule has 0 radical (unpaired) electrons. The molecular weight excluding hydrogens is 264 g/mol. The van der Waals surface area contributed by atoms with Crippen LogP contribution in [0.1, 0.15) is 25.8 Å². The van der Waals surface area contributed by atoms with Crippen LogP contribution in [0.15, 0.2) is 18.3 Å². The molecule has 0 saturated heterocycles. The zero-order valence-electron chi connectivity index (χ0n) is 11.5. The van der Waals surface area contributed by atoms with Gasteiger partial charge in [-0.3, -0.25) is 4.79 Å². The van der Waals surface area contributed by atoms with Gasteiger partial charge in [0.25, 0.3) is 0 Å². The van der Waals surface area contributed by atoms with Gasteiger partial charge in [-0.05, 0) is 30.5 Å². The molecule has 0 bridgehead atoms. The van der Waals surface area contributed by atoms with Crippen LogP contribution in [-0.2, 0) is 14.6 Å². The molecule has 1 aromatic heterocycles. The van der Waals surface area contributed by atoms with Gasteiger partial charge in [-0.15, -0.1) is 0 Å². The highest BCUT2D eigenvalue weighted by Crippen LogP contribution is 2.07. The monoisotopic (exact) mass is 284 g/mol. The van der Waals surface area contributed by atoms with Crippen molar-refractivity contribution in [2.24, 2.45) is 5.92 Å². The summed E-state index contributed by atoms with van der Waals surface area (Å²) < 4.78 is 23.3. The SMILES string of the molecule is Cc1ccnc(NC(=O)CCS(=O)(=O)CC(C)C)c1. The van der Waals surface area contributed by atoms with Crippen molar-refractivity contribution in [2.75, 3.05) is 16.8 Å². The van der Waals surface area contributed by atoms with Crippen molar-refractivity contribution >= 4 is 21.6 Å². The van der Waals surface area contributed by atoms with Crippen LogP contribution in [0.25, 0.3) is 0 Å². The van der Waals surface area contributed by atoms with Gasteiger partial charge in [0, 0.05) is 12.6 Å². The molecule has 0 atom stereocenters. The lowest BCUT2D eigenvalue weighted by Gasteiger charge is -2.07. The maximum absolute atomic E-state index is 11.7. The molecule has 1 N–H and O–H groups in total. The Bertz CT molecular complexity index is 539. The van der Waals surface area contributed by atoms with Crippen molar-refractivity contribution in [1.29, 1.82) is 0 Å². The number of aromatic nitrogens is 1. The molecule has 0 aliphatic heterocycles. The van der Waals surface area contributed by atoms with Gasteiger partial charge < -0.3 is 5.32 Å². The summed E-state index contributed by atoms with van der Waals surface area (Å²) in [5, 5.41) is 2.59. The molecule has 0 fully saturated rings. The number of carbonyl (C=O) groups is 1. The summed E-state index contributed by atoms with van der Waals surface area (Å²) in [6, 6.07) is 3.56. The Morgan fingerprint density at radius 1 is 1.42 bits per heavy atom. The number of sulfone groups is 1. The Balaban J connectivity index is 2.48. The van der Waals surface area contributed by atoms with E-state index in [0.29, 0.717) is 5.82 Å². The van der Waals surface area contributed by atoms with Crippen molar-refractivity contribution in [3.8, 4) is 0 Å². The summed E-state index contributed by atoms with van der Waals surface area (Å²) in [5.41, 5.74) is 0.984. The molecule has 0 unspecified atom stereocenters. The van der Waals surface area contributed by atoms with Crippen LogP contribution in [0.5, 0.6) is 0 Å². The number of aryl methyl sites for hydroxylation is 1. The highest BCUT2D eigenvalue weighted by atomic mass is 32.2. The predicted molar refractivity (Wildman–Crippen MR) is 75.7 cm³/mol. The van der Waals surface area contributed by atoms with E-state index in [9.17, 15) is 13.2 Å². The van der Waals surface area contributed by atoms with Crippen LogP contribution in [0.3, 0.4) is 0 Å². The Kier molecular flexibility index (Phi) is 5.47. The largest absolute Gasteiger partial charge is 0.311 e. The second kappa shape index (κ2) is 6.65. The second-order valence-corrected chi connectivity index (χ2v) is 7.25. The quantitative estimate of drug-likeness (QED) is 0.864. The van der Waals surface area contributed by atoms with Gasteiger partial charge in [0.15, 0.2) is 9.84 Å². The van der Waals surface area contributed by atoms with Crippen LogP contribution in [0.4, 0.5) is 5.82 Å². The number of anilines is 1. The fourth-order valence-electron chi connectivity index (χ4n) is 1.65. The first kappa shape index (κ1) is 15.6. The van der Waals surface area contributed by atoms with E-state index in [4.69, 9.17) is 0 Å². The molecule has 1 aromatic rings. The molecule has 5 nitrogen and oxygen atoms in total. The van der Waals surface area contributed by atoms with Gasteiger partial charge in [0.1, 0.15) is 5.82 Å². The number of hydrogen-bond donors (Lipinski definition) is 1. The second-order valence-electron chi connectivity index (χ2n) is 5.02. The highest BCUT2D eigenvalue weighted by molar-refractivity contribution is 7.91. The van der Waals surface area contributed by atoms with Gasteiger partial charge in [-0.2, -0.15) is 0 Å². The lowest BCUT2D eigenvalue weighted by atomic mass is 10.3. The van der Waals surface area contributed by atoms with E-state index < -0.39 is 9.84 Å². The third kappa shape index (κ3) is 6.33. The molecular formula is C13H20N2O3S. The highest BCUT2D eigenvalue weighted by Gasteiger charge is 2.15. The molecule has 1 amide bonds. The molecule has 0 aliphatic rings. The Morgan fingerprint density at radius 2 is 2.11 bits per heavy atom. The van der Waals surface area contributed by atoms with Gasteiger partial charge in [0.05, 0.1) is 11.5 Å². The lowest BCUT2D eigenvalue weighted by molar-refractivity contribution is -0.115. The van der Waals surface area contributed by atoms with E-state index in [1.807, 2.05) is 26.8 Å². The summed E-state index contributed by atoms with van der Waals surface area (Å²) >= 11 is 0. The van der Waals surface area contributed by atoms with Gasteiger partial charge >= 0.3 is 0 Å². The van der Waals surface area contributed by atoms with Gasteiger partial charge in [0.2, 0.25) is 5.91 Å². The average molecular weight is 284 g/mol. The van der Waals surface area contributed by atoms with E-state index in [2.05, 4.69) is 10.3 Å². The zero-order valence-corrected chi connectivity index (χ0v) is 12.3. The standard InChI is InChI=1S/C13H20N2O3S/c1-10(2)9-19(17,18)7-5-13(16)15-12-8-11(3)4-6-14-12/h4,6,8,10H,5,7,9H2,1-3H3,(H,14,15,16). The Hall–Kier alpha value is -1.43. The molecule has 0 aromatic carbocycles. The molecule has 0 aliphatic carbocycles. The fraction of sp³-hybridized carbons (Fsp3) is 0.538. The molecule has 6 heteroatoms. The van der Waals surface area contributed by atoms with E-state index in [-0.39, 0.29) is 29.8 Å². The number of rotatable bonds is 6. The minimum absolute atomic E-state index is 0.0370. The van der Waals surface area contributed by atoms with Crippen molar-refractivity contribution < 1.29 is 13.2 Å². The van der Waals surface area contributed by atoms with Gasteiger partial charge in [-0.1, -0.05) is 13.8 Å². The van der Waals surface area contributed by atoms with Crippen LogP contribution in [0, 0.1) is 12.8 Å². The number of nitrogens with zero attached hydrogens (tertiary/aromatic N) is 1. The molecule has 1 heterocycles. The first-order valence-corrected chi connectivity index (χ1v) is 8.03. The Morgan fingerprint density at radius 3 is 2.68 bits per heavy atom. The van der Waals surface area contributed by atoms with Crippen molar-refractivity contribution in [2.45, 2.75) is 27.2 Å². The Labute approximate surface area is 114 Å². The maximum Gasteiger partial charge on any atom is 0.226 e. The molecule has 1 rings (SSSR count). The summed E-state index contributed by atoms with van der Waals surface area (Å²) in [4.78, 5) is 15.6. The van der Waals surface area contributed by atoms with E-state index in [1.54, 1.807) is 12.3 Å². The average Bonchev–Trinajstić information content (AvgIpc) is 2.25. The van der Waals surface area contributed by atoms with Crippen LogP contribution in [-0.4, -0.2) is 30.8 Å². The number of amides is 1. The zero-order chi connectivity index (χ0) is 14.5. The third-order valence-corrected chi connectivity index (χ3v) is 4.41. The molecule has 19 heavy (non-hydrogen) atoms. The number of carbonyl (C=O) groups excluding carboxylic acids is 1. The molecule has 0 spiro atoms. The van der Waals surface area contributed by atoms with E-state index in [0.717, 1.165) is 5.56 Å². The van der Waals surface area contributed by atoms with Crippen LogP contribution < -0.4 is 5.32 Å². The molecule has 106 valence electrons. The van der Waals surface area contributed by atoms with Crippen molar-refractivity contribution in [1.82, 2.24) is 4.98 Å². The summed E-state index contributed by atoms with van der Waals surface area (Å²) in [6.45, 7) is 5.58. The van der Waals surface area contributed by atoms with Crippen molar-refractivity contribution in [3.05, 3.63) is 23.9 Å². The topological polar surface area (TPSA) is 76.1 Å². The lowest BCUT2D eigenvalue weighted by Crippen LogP contribution is -2.21. The minimum Gasteiger partial charge on any atom is -0.311 e. The number of pyridine rings is 1.